The van der Waals surface area contributed by atoms with Crippen molar-refractivity contribution in [3.05, 3.63) is 64.7 Å². The number of benzene rings is 2. The van der Waals surface area contributed by atoms with Gasteiger partial charge in [-0.05, 0) is 35.7 Å². The summed E-state index contributed by atoms with van der Waals surface area (Å²) in [5.41, 5.74) is 3.22. The highest BCUT2D eigenvalue weighted by Gasteiger charge is 2.10. The van der Waals surface area contributed by atoms with Gasteiger partial charge in [0, 0.05) is 12.4 Å². The number of hydrogen-bond acceptors (Lipinski definition) is 2. The fourth-order valence-corrected chi connectivity index (χ4v) is 2.04. The molecule has 0 aliphatic heterocycles. The van der Waals surface area contributed by atoms with Crippen LogP contribution in [0, 0.1) is 6.92 Å². The molecule has 4 heteroatoms. The molecule has 0 aliphatic rings. The first-order valence-electron chi connectivity index (χ1n) is 6.32. The maximum absolute atomic E-state index is 12.0. The van der Waals surface area contributed by atoms with Gasteiger partial charge in [0.25, 0.3) is 5.91 Å². The lowest BCUT2D eigenvalue weighted by Gasteiger charge is -2.08. The average molecular weight is 290 g/mol. The molecule has 0 bridgehead atoms. The number of phenolic OH excluding ortho intramolecular Hbond substituents is 1. The van der Waals surface area contributed by atoms with E-state index in [1.54, 1.807) is 18.2 Å². The lowest BCUT2D eigenvalue weighted by molar-refractivity contribution is 0.0948. The fourth-order valence-electron chi connectivity index (χ4n) is 1.86. The summed E-state index contributed by atoms with van der Waals surface area (Å²) in [6, 6.07) is 12.7. The van der Waals surface area contributed by atoms with Crippen LogP contribution in [0.25, 0.3) is 0 Å². The Balaban J connectivity index is 2.00. The van der Waals surface area contributed by atoms with Crippen molar-refractivity contribution in [2.24, 2.45) is 0 Å². The monoisotopic (exact) mass is 289 g/mol. The van der Waals surface area contributed by atoms with Crippen molar-refractivity contribution in [3.8, 4) is 5.75 Å². The molecule has 0 fully saturated rings. The normalized spacial score (nSPS) is 10.3. The number of hydrogen-bond donors (Lipinski definition) is 2. The minimum absolute atomic E-state index is 0.0000112. The summed E-state index contributed by atoms with van der Waals surface area (Å²) in [6.07, 6.45) is 0. The molecular formula is C16H16ClNO2. The fraction of sp³-hybridized carbons (Fsp3) is 0.188. The molecular weight excluding hydrogens is 274 g/mol. The minimum Gasteiger partial charge on any atom is -0.507 e. The van der Waals surface area contributed by atoms with Gasteiger partial charge < -0.3 is 10.4 Å². The minimum atomic E-state index is -0.288. The van der Waals surface area contributed by atoms with E-state index in [1.807, 2.05) is 31.2 Å². The zero-order chi connectivity index (χ0) is 14.5. The summed E-state index contributed by atoms with van der Waals surface area (Å²) in [7, 11) is 0. The topological polar surface area (TPSA) is 49.3 Å². The van der Waals surface area contributed by atoms with Crippen LogP contribution in [0.1, 0.15) is 27.0 Å². The molecule has 2 rings (SSSR count). The molecule has 2 aromatic rings. The van der Waals surface area contributed by atoms with Crippen LogP contribution in [-0.2, 0) is 12.4 Å². The Hall–Kier alpha value is -2.00. The first-order valence-corrected chi connectivity index (χ1v) is 6.85. The summed E-state index contributed by atoms with van der Waals surface area (Å²) in [5.74, 6) is 0.188. The third kappa shape index (κ3) is 3.52. The Morgan fingerprint density at radius 1 is 1.15 bits per heavy atom. The van der Waals surface area contributed by atoms with Gasteiger partial charge in [-0.3, -0.25) is 4.79 Å². The van der Waals surface area contributed by atoms with Crippen LogP contribution in [-0.4, -0.2) is 11.0 Å². The molecule has 0 atom stereocenters. The summed E-state index contributed by atoms with van der Waals surface area (Å²) in [4.78, 5) is 12.0. The van der Waals surface area contributed by atoms with Crippen LogP contribution >= 0.6 is 11.6 Å². The quantitative estimate of drug-likeness (QED) is 0.848. The molecule has 2 N–H and O–H groups in total. The van der Waals surface area contributed by atoms with E-state index in [0.717, 1.165) is 16.7 Å². The third-order valence-corrected chi connectivity index (χ3v) is 3.34. The molecule has 1 amide bonds. The van der Waals surface area contributed by atoms with E-state index in [2.05, 4.69) is 5.32 Å². The summed E-state index contributed by atoms with van der Waals surface area (Å²) < 4.78 is 0. The lowest BCUT2D eigenvalue weighted by atomic mass is 10.1. The molecule has 0 radical (unpaired) electrons. The van der Waals surface area contributed by atoms with Gasteiger partial charge in [-0.15, -0.1) is 11.6 Å². The predicted octanol–water partition coefficient (Wildman–Crippen LogP) is 3.37. The number of halogens is 1. The van der Waals surface area contributed by atoms with Gasteiger partial charge in [0.15, 0.2) is 0 Å². The van der Waals surface area contributed by atoms with Gasteiger partial charge in [0.1, 0.15) is 5.75 Å². The van der Waals surface area contributed by atoms with Gasteiger partial charge in [-0.1, -0.05) is 30.3 Å². The summed E-state index contributed by atoms with van der Waals surface area (Å²) in [6.45, 7) is 2.27. The molecule has 3 nitrogen and oxygen atoms in total. The van der Waals surface area contributed by atoms with Crippen LogP contribution < -0.4 is 5.32 Å². The van der Waals surface area contributed by atoms with E-state index in [1.165, 1.54) is 0 Å². The number of nitrogens with one attached hydrogen (secondary N) is 1. The molecule has 0 saturated heterocycles. The Morgan fingerprint density at radius 2 is 1.80 bits per heavy atom. The van der Waals surface area contributed by atoms with E-state index in [4.69, 9.17) is 11.6 Å². The maximum atomic E-state index is 12.0. The van der Waals surface area contributed by atoms with Crippen molar-refractivity contribution in [3.63, 3.8) is 0 Å². The Labute approximate surface area is 123 Å². The van der Waals surface area contributed by atoms with Crippen LogP contribution in [0.3, 0.4) is 0 Å². The number of phenols is 1. The number of carbonyl (C=O) groups is 1. The molecule has 0 aliphatic carbocycles. The lowest BCUT2D eigenvalue weighted by Crippen LogP contribution is -2.22. The number of aromatic hydroxyl groups is 1. The molecule has 2 aromatic carbocycles. The van der Waals surface area contributed by atoms with Crippen molar-refractivity contribution < 1.29 is 9.90 Å². The second-order valence-corrected chi connectivity index (χ2v) is 4.92. The SMILES string of the molecule is Cc1ccc(C(=O)NCc2ccc(CCl)cc2)c(O)c1. The number of alkyl halides is 1. The van der Waals surface area contributed by atoms with Crippen molar-refractivity contribution in [2.75, 3.05) is 0 Å². The highest BCUT2D eigenvalue weighted by molar-refractivity contribution is 6.17. The van der Waals surface area contributed by atoms with Gasteiger partial charge in [0.05, 0.1) is 5.56 Å². The Bertz CT molecular complexity index is 608. The zero-order valence-electron chi connectivity index (χ0n) is 11.2. The number of rotatable bonds is 4. The molecule has 0 heterocycles. The van der Waals surface area contributed by atoms with Crippen molar-refractivity contribution in [1.29, 1.82) is 0 Å². The van der Waals surface area contributed by atoms with Crippen LogP contribution in [0.15, 0.2) is 42.5 Å². The number of amides is 1. The van der Waals surface area contributed by atoms with Crippen molar-refractivity contribution >= 4 is 17.5 Å². The summed E-state index contributed by atoms with van der Waals surface area (Å²) in [5, 5.41) is 12.5. The third-order valence-electron chi connectivity index (χ3n) is 3.03. The van der Waals surface area contributed by atoms with Crippen LogP contribution in [0.4, 0.5) is 0 Å². The van der Waals surface area contributed by atoms with E-state index >= 15 is 0 Å². The average Bonchev–Trinajstić information content (AvgIpc) is 2.45. The van der Waals surface area contributed by atoms with Gasteiger partial charge in [0.2, 0.25) is 0 Å². The standard InChI is InChI=1S/C16H16ClNO2/c1-11-2-7-14(15(19)8-11)16(20)18-10-13-5-3-12(9-17)4-6-13/h2-8,19H,9-10H2,1H3,(H,18,20). The smallest absolute Gasteiger partial charge is 0.255 e. The highest BCUT2D eigenvalue weighted by atomic mass is 35.5. The molecule has 20 heavy (non-hydrogen) atoms. The van der Waals surface area contributed by atoms with Crippen LogP contribution in [0.2, 0.25) is 0 Å². The largest absolute Gasteiger partial charge is 0.507 e. The van der Waals surface area contributed by atoms with Crippen LogP contribution in [0.5, 0.6) is 5.75 Å². The molecule has 104 valence electrons. The highest BCUT2D eigenvalue weighted by Crippen LogP contribution is 2.18. The first kappa shape index (κ1) is 14.4. The van der Waals surface area contributed by atoms with Crippen molar-refractivity contribution in [2.45, 2.75) is 19.3 Å². The predicted molar refractivity (Wildman–Crippen MR) is 80.0 cm³/mol. The number of aryl methyl sites for hydroxylation is 1. The summed E-state index contributed by atoms with van der Waals surface area (Å²) >= 11 is 5.72. The van der Waals surface area contributed by atoms with Gasteiger partial charge in [-0.2, -0.15) is 0 Å². The van der Waals surface area contributed by atoms with E-state index in [-0.39, 0.29) is 17.2 Å². The number of carbonyl (C=O) groups excluding carboxylic acids is 1. The van der Waals surface area contributed by atoms with E-state index in [0.29, 0.717) is 12.4 Å². The second kappa shape index (κ2) is 6.44. The first-order chi connectivity index (χ1) is 9.60. The molecule has 0 spiro atoms. The second-order valence-electron chi connectivity index (χ2n) is 4.65. The molecule has 0 saturated carbocycles. The van der Waals surface area contributed by atoms with Gasteiger partial charge >= 0.3 is 0 Å². The zero-order valence-corrected chi connectivity index (χ0v) is 11.9. The Morgan fingerprint density at radius 3 is 2.40 bits per heavy atom. The van der Waals surface area contributed by atoms with E-state index in [9.17, 15) is 9.90 Å². The molecule has 0 unspecified atom stereocenters. The van der Waals surface area contributed by atoms with E-state index < -0.39 is 0 Å². The molecule has 0 aromatic heterocycles. The van der Waals surface area contributed by atoms with Gasteiger partial charge in [-0.25, -0.2) is 0 Å². The maximum Gasteiger partial charge on any atom is 0.255 e. The Kier molecular flexibility index (Phi) is 4.64. The van der Waals surface area contributed by atoms with Crippen molar-refractivity contribution in [1.82, 2.24) is 5.32 Å².